The Labute approximate surface area is 186 Å². The number of nitrogens with zero attached hydrogens (tertiary/aromatic N) is 3. The highest BCUT2D eigenvalue weighted by atomic mass is 16.5. The number of aliphatic imine (C=N–C) groups is 1. The first-order valence-electron chi connectivity index (χ1n) is 11.5. The predicted molar refractivity (Wildman–Crippen MR) is 124 cm³/mol. The van der Waals surface area contributed by atoms with Crippen molar-refractivity contribution in [2.24, 2.45) is 4.99 Å². The molecule has 1 fully saturated rings. The summed E-state index contributed by atoms with van der Waals surface area (Å²) < 4.78 is 13.4. The molecular weight excluding hydrogens is 390 g/mol. The van der Waals surface area contributed by atoms with Gasteiger partial charge in [-0.05, 0) is 45.6 Å². The van der Waals surface area contributed by atoms with Crippen molar-refractivity contribution in [2.75, 3.05) is 32.9 Å². The van der Waals surface area contributed by atoms with Gasteiger partial charge in [0.2, 0.25) is 0 Å². The molecule has 1 aliphatic heterocycles. The minimum absolute atomic E-state index is 0.293. The van der Waals surface area contributed by atoms with Gasteiger partial charge in [0.1, 0.15) is 0 Å². The van der Waals surface area contributed by atoms with Crippen LogP contribution < -0.4 is 10.6 Å². The molecule has 0 amide bonds. The molecule has 3 rings (SSSR count). The first kappa shape index (κ1) is 23.3. The summed E-state index contributed by atoms with van der Waals surface area (Å²) >= 11 is 0. The maximum Gasteiger partial charge on any atom is 0.191 e. The maximum atomic E-state index is 5.74. The minimum Gasteiger partial charge on any atom is -0.379 e. The van der Waals surface area contributed by atoms with E-state index < -0.39 is 0 Å². The Balaban J connectivity index is 1.47. The number of guanidine groups is 1. The molecule has 1 atom stereocenters. The Morgan fingerprint density at radius 3 is 2.84 bits per heavy atom. The van der Waals surface area contributed by atoms with Gasteiger partial charge < -0.3 is 20.1 Å². The first-order chi connectivity index (χ1) is 15.2. The van der Waals surface area contributed by atoms with Crippen molar-refractivity contribution >= 4 is 5.96 Å². The van der Waals surface area contributed by atoms with Gasteiger partial charge in [-0.3, -0.25) is 4.68 Å². The van der Waals surface area contributed by atoms with Gasteiger partial charge in [0.05, 0.1) is 31.5 Å². The van der Waals surface area contributed by atoms with Gasteiger partial charge in [-0.25, -0.2) is 4.99 Å². The van der Waals surface area contributed by atoms with Crippen LogP contribution in [0.5, 0.6) is 0 Å². The standard InChI is InChI=1S/C24H37N5O2/c1-4-25-24(26-13-9-14-30-18-22-12-8-15-31-22)27-16-23-19(2)28-29(20(23)3)17-21-10-6-5-7-11-21/h5-7,10-11,22H,4,8-9,12-18H2,1-3H3,(H2,25,26,27). The second-order valence-electron chi connectivity index (χ2n) is 7.98. The topological polar surface area (TPSA) is 72.7 Å². The van der Waals surface area contributed by atoms with Crippen LogP contribution >= 0.6 is 0 Å². The van der Waals surface area contributed by atoms with Crippen LogP contribution in [0.25, 0.3) is 0 Å². The van der Waals surface area contributed by atoms with Crippen LogP contribution in [-0.4, -0.2) is 54.8 Å². The van der Waals surface area contributed by atoms with Gasteiger partial charge in [-0.15, -0.1) is 0 Å². The molecule has 1 unspecified atom stereocenters. The van der Waals surface area contributed by atoms with Crippen LogP contribution in [-0.2, 0) is 22.6 Å². The quantitative estimate of drug-likeness (QED) is 0.327. The Morgan fingerprint density at radius 2 is 2.10 bits per heavy atom. The third-order valence-electron chi connectivity index (χ3n) is 5.53. The summed E-state index contributed by atoms with van der Waals surface area (Å²) in [5.41, 5.74) is 4.65. The molecule has 7 nitrogen and oxygen atoms in total. The number of hydrogen-bond acceptors (Lipinski definition) is 4. The highest BCUT2D eigenvalue weighted by Gasteiger charge is 2.15. The molecule has 0 bridgehead atoms. The third kappa shape index (κ3) is 7.36. The Hall–Kier alpha value is -2.38. The van der Waals surface area contributed by atoms with E-state index in [0.29, 0.717) is 19.3 Å². The fourth-order valence-electron chi connectivity index (χ4n) is 3.74. The average molecular weight is 428 g/mol. The van der Waals surface area contributed by atoms with Gasteiger partial charge in [0, 0.05) is 37.6 Å². The second kappa shape index (κ2) is 12.5. The van der Waals surface area contributed by atoms with E-state index in [9.17, 15) is 0 Å². The molecule has 1 aromatic heterocycles. The van der Waals surface area contributed by atoms with Crippen LogP contribution in [0.3, 0.4) is 0 Å². The predicted octanol–water partition coefficient (Wildman–Crippen LogP) is 3.19. The second-order valence-corrected chi connectivity index (χ2v) is 7.98. The molecular formula is C24H37N5O2. The number of benzene rings is 1. The number of hydrogen-bond donors (Lipinski definition) is 2. The molecule has 0 radical (unpaired) electrons. The summed E-state index contributed by atoms with van der Waals surface area (Å²) in [7, 11) is 0. The fraction of sp³-hybridized carbons (Fsp3) is 0.583. The van der Waals surface area contributed by atoms with E-state index in [1.807, 2.05) is 6.07 Å². The van der Waals surface area contributed by atoms with E-state index in [0.717, 1.165) is 63.8 Å². The molecule has 0 spiro atoms. The molecule has 0 saturated carbocycles. The molecule has 170 valence electrons. The van der Waals surface area contributed by atoms with Crippen LogP contribution in [0.2, 0.25) is 0 Å². The summed E-state index contributed by atoms with van der Waals surface area (Å²) in [5, 5.41) is 11.5. The first-order valence-corrected chi connectivity index (χ1v) is 11.5. The van der Waals surface area contributed by atoms with E-state index in [1.54, 1.807) is 0 Å². The van der Waals surface area contributed by atoms with Gasteiger partial charge in [-0.2, -0.15) is 5.10 Å². The number of aryl methyl sites for hydroxylation is 1. The van der Waals surface area contributed by atoms with Crippen LogP contribution in [0, 0.1) is 13.8 Å². The lowest BCUT2D eigenvalue weighted by Gasteiger charge is -2.13. The molecule has 2 heterocycles. The highest BCUT2D eigenvalue weighted by molar-refractivity contribution is 5.79. The molecule has 2 N–H and O–H groups in total. The molecule has 31 heavy (non-hydrogen) atoms. The molecule has 2 aromatic rings. The van der Waals surface area contributed by atoms with Crippen molar-refractivity contribution in [3.63, 3.8) is 0 Å². The van der Waals surface area contributed by atoms with Crippen LogP contribution in [0.15, 0.2) is 35.3 Å². The lowest BCUT2D eigenvalue weighted by atomic mass is 10.2. The van der Waals surface area contributed by atoms with E-state index >= 15 is 0 Å². The molecule has 1 saturated heterocycles. The number of rotatable bonds is 11. The lowest BCUT2D eigenvalue weighted by molar-refractivity contribution is 0.0168. The zero-order valence-corrected chi connectivity index (χ0v) is 19.2. The minimum atomic E-state index is 0.293. The highest BCUT2D eigenvalue weighted by Crippen LogP contribution is 2.16. The van der Waals surface area contributed by atoms with E-state index in [1.165, 1.54) is 16.8 Å². The van der Waals surface area contributed by atoms with Crippen LogP contribution in [0.4, 0.5) is 0 Å². The van der Waals surface area contributed by atoms with Crippen molar-refractivity contribution in [1.82, 2.24) is 20.4 Å². The van der Waals surface area contributed by atoms with E-state index in [4.69, 9.17) is 19.6 Å². The maximum absolute atomic E-state index is 5.74. The molecule has 7 heteroatoms. The summed E-state index contributed by atoms with van der Waals surface area (Å²) in [6.07, 6.45) is 3.50. The SMILES string of the molecule is CCNC(=NCc1c(C)nn(Cc2ccccc2)c1C)NCCCOCC1CCCO1. The normalized spacial score (nSPS) is 16.6. The Bertz CT molecular complexity index is 813. The monoisotopic (exact) mass is 427 g/mol. The molecule has 1 aromatic carbocycles. The van der Waals surface area contributed by atoms with Gasteiger partial charge in [-0.1, -0.05) is 30.3 Å². The molecule has 0 aliphatic carbocycles. The summed E-state index contributed by atoms with van der Waals surface area (Å²) in [4.78, 5) is 4.79. The smallest absolute Gasteiger partial charge is 0.191 e. The number of aromatic nitrogens is 2. The largest absolute Gasteiger partial charge is 0.379 e. The zero-order valence-electron chi connectivity index (χ0n) is 19.2. The lowest BCUT2D eigenvalue weighted by Crippen LogP contribution is -2.38. The Kier molecular flexibility index (Phi) is 9.37. The average Bonchev–Trinajstić information content (AvgIpc) is 3.38. The number of nitrogens with one attached hydrogen (secondary N) is 2. The van der Waals surface area contributed by atoms with Crippen molar-refractivity contribution in [3.05, 3.63) is 52.8 Å². The summed E-state index contributed by atoms with van der Waals surface area (Å²) in [6.45, 7) is 11.6. The van der Waals surface area contributed by atoms with Crippen molar-refractivity contribution < 1.29 is 9.47 Å². The van der Waals surface area contributed by atoms with Gasteiger partial charge in [0.25, 0.3) is 0 Å². The van der Waals surface area contributed by atoms with E-state index in [-0.39, 0.29) is 0 Å². The molecule has 1 aliphatic rings. The van der Waals surface area contributed by atoms with Gasteiger partial charge >= 0.3 is 0 Å². The van der Waals surface area contributed by atoms with E-state index in [2.05, 4.69) is 60.4 Å². The van der Waals surface area contributed by atoms with Crippen LogP contribution in [0.1, 0.15) is 48.7 Å². The van der Waals surface area contributed by atoms with Crippen molar-refractivity contribution in [1.29, 1.82) is 0 Å². The summed E-state index contributed by atoms with van der Waals surface area (Å²) in [6, 6.07) is 10.4. The van der Waals surface area contributed by atoms with Crippen molar-refractivity contribution in [2.45, 2.75) is 59.2 Å². The summed E-state index contributed by atoms with van der Waals surface area (Å²) in [5.74, 6) is 0.830. The van der Waals surface area contributed by atoms with Gasteiger partial charge in [0.15, 0.2) is 5.96 Å². The third-order valence-corrected chi connectivity index (χ3v) is 5.53. The number of ether oxygens (including phenoxy) is 2. The fourth-order valence-corrected chi connectivity index (χ4v) is 3.74. The zero-order chi connectivity index (χ0) is 21.9. The van der Waals surface area contributed by atoms with Crippen molar-refractivity contribution in [3.8, 4) is 0 Å². The Morgan fingerprint density at radius 1 is 1.26 bits per heavy atom.